The summed E-state index contributed by atoms with van der Waals surface area (Å²) in [6, 6.07) is 20.4. The Hall–Kier alpha value is -4.79. The number of anilines is 1. The monoisotopic (exact) mass is 513 g/mol. The summed E-state index contributed by atoms with van der Waals surface area (Å²) in [5, 5.41) is 15.3. The number of para-hydroxylation sites is 1. The van der Waals surface area contributed by atoms with Crippen LogP contribution in [-0.2, 0) is 4.79 Å². The molecule has 3 aromatic carbocycles. The number of carbonyl (C=O) groups excluding carboxylic acids is 1. The molecule has 0 bridgehead atoms. The zero-order valence-corrected chi connectivity index (χ0v) is 20.8. The van der Waals surface area contributed by atoms with Crippen molar-refractivity contribution in [3.63, 3.8) is 0 Å². The number of carboxylic acid groups (broad SMARTS) is 1. The number of fused-ring (bicyclic) bond motifs is 2. The summed E-state index contributed by atoms with van der Waals surface area (Å²) in [5.41, 5.74) is 4.13. The lowest BCUT2D eigenvalue weighted by Gasteiger charge is -2.10. The van der Waals surface area contributed by atoms with Crippen LogP contribution in [0.4, 0.5) is 10.5 Å². The van der Waals surface area contributed by atoms with Gasteiger partial charge in [-0.3, -0.25) is 4.79 Å². The molecule has 38 heavy (non-hydrogen) atoms. The first kappa shape index (κ1) is 24.9. The second kappa shape index (κ2) is 11.1. The Labute approximate surface area is 218 Å². The van der Waals surface area contributed by atoms with Crippen LogP contribution in [0.5, 0.6) is 5.75 Å². The molecule has 9 heteroatoms. The molecule has 5 rings (SSSR count). The van der Waals surface area contributed by atoms with E-state index in [2.05, 4.69) is 15.6 Å². The van der Waals surface area contributed by atoms with E-state index in [1.54, 1.807) is 25.3 Å². The van der Waals surface area contributed by atoms with Crippen molar-refractivity contribution >= 4 is 39.8 Å². The number of unbranched alkanes of at least 4 members (excludes halogenated alkanes) is 2. The number of carbonyl (C=O) groups is 2. The van der Waals surface area contributed by atoms with E-state index in [0.29, 0.717) is 53.4 Å². The second-order valence-electron chi connectivity index (χ2n) is 8.85. The summed E-state index contributed by atoms with van der Waals surface area (Å²) in [7, 11) is 1.56. The number of hydrogen-bond acceptors (Lipinski definition) is 6. The van der Waals surface area contributed by atoms with Crippen molar-refractivity contribution in [1.82, 2.24) is 10.3 Å². The van der Waals surface area contributed by atoms with E-state index in [1.807, 2.05) is 48.5 Å². The van der Waals surface area contributed by atoms with Crippen LogP contribution < -0.4 is 15.4 Å². The van der Waals surface area contributed by atoms with Crippen LogP contribution in [0.15, 0.2) is 75.6 Å². The number of urea groups is 1. The molecular formula is C29H27N3O6. The first-order chi connectivity index (χ1) is 18.5. The molecule has 0 unspecified atom stereocenters. The Kier molecular flexibility index (Phi) is 7.26. The number of rotatable bonds is 10. The predicted octanol–water partition coefficient (Wildman–Crippen LogP) is 6.68. The van der Waals surface area contributed by atoms with Gasteiger partial charge in [0, 0.05) is 29.6 Å². The Morgan fingerprint density at radius 1 is 0.947 bits per heavy atom. The highest BCUT2D eigenvalue weighted by Crippen LogP contribution is 2.36. The Balaban J connectivity index is 1.31. The molecule has 2 amide bonds. The van der Waals surface area contributed by atoms with Gasteiger partial charge in [0.2, 0.25) is 5.89 Å². The van der Waals surface area contributed by atoms with Gasteiger partial charge < -0.3 is 29.3 Å². The van der Waals surface area contributed by atoms with E-state index < -0.39 is 5.97 Å². The van der Waals surface area contributed by atoms with Crippen LogP contribution in [0.25, 0.3) is 44.8 Å². The zero-order chi connectivity index (χ0) is 26.5. The van der Waals surface area contributed by atoms with Crippen molar-refractivity contribution in [2.45, 2.75) is 25.7 Å². The SMILES string of the molecule is COc1ccc(NC(=O)NCCCCCC(=O)O)cc1-c1nc2cc(-c3cc4ccccc4o3)ccc2o1. The summed E-state index contributed by atoms with van der Waals surface area (Å²) in [6.45, 7) is 0.452. The van der Waals surface area contributed by atoms with Crippen LogP contribution in [0, 0.1) is 0 Å². The van der Waals surface area contributed by atoms with E-state index in [0.717, 1.165) is 28.7 Å². The molecule has 0 saturated carbocycles. The molecule has 0 radical (unpaired) electrons. The lowest BCUT2D eigenvalue weighted by Crippen LogP contribution is -2.29. The van der Waals surface area contributed by atoms with E-state index in [4.69, 9.17) is 18.7 Å². The zero-order valence-electron chi connectivity index (χ0n) is 20.8. The molecule has 5 aromatic rings. The molecule has 0 spiro atoms. The maximum Gasteiger partial charge on any atom is 0.319 e. The van der Waals surface area contributed by atoms with Crippen LogP contribution in [0.1, 0.15) is 25.7 Å². The van der Waals surface area contributed by atoms with Gasteiger partial charge in [0.05, 0.1) is 12.7 Å². The number of methoxy groups -OCH3 is 1. The third-order valence-electron chi connectivity index (χ3n) is 6.14. The number of nitrogens with zero attached hydrogens (tertiary/aromatic N) is 1. The number of oxazole rings is 1. The van der Waals surface area contributed by atoms with Gasteiger partial charge in [0.15, 0.2) is 5.58 Å². The average molecular weight is 514 g/mol. The number of aliphatic carboxylic acids is 1. The number of nitrogens with one attached hydrogen (secondary N) is 2. The number of furan rings is 1. The standard InChI is InChI=1S/C29H27N3O6/c1-36-24-13-11-20(31-29(35)30-14-6-2-3-9-27(33)34)17-21(24)28-32-22-15-19(10-12-25(22)38-28)26-16-18-7-4-5-8-23(18)37-26/h4-5,7-8,10-13,15-17H,2-3,6,9,14H2,1H3,(H,33,34)(H2,30,31,35). The van der Waals surface area contributed by atoms with E-state index in [-0.39, 0.29) is 12.5 Å². The molecule has 0 aliphatic rings. The van der Waals surface area contributed by atoms with E-state index >= 15 is 0 Å². The maximum atomic E-state index is 12.3. The molecular weight excluding hydrogens is 486 g/mol. The molecule has 9 nitrogen and oxygen atoms in total. The van der Waals surface area contributed by atoms with Crippen molar-refractivity contribution in [3.8, 4) is 28.5 Å². The van der Waals surface area contributed by atoms with Gasteiger partial charge in [0.1, 0.15) is 22.6 Å². The van der Waals surface area contributed by atoms with Crippen molar-refractivity contribution in [1.29, 1.82) is 0 Å². The molecule has 0 aliphatic carbocycles. The number of hydrogen-bond donors (Lipinski definition) is 3. The van der Waals surface area contributed by atoms with Gasteiger partial charge in [-0.2, -0.15) is 0 Å². The molecule has 194 valence electrons. The molecule has 0 atom stereocenters. The van der Waals surface area contributed by atoms with E-state index in [9.17, 15) is 9.59 Å². The fourth-order valence-corrected chi connectivity index (χ4v) is 4.23. The molecule has 0 saturated heterocycles. The normalized spacial score (nSPS) is 11.1. The highest BCUT2D eigenvalue weighted by molar-refractivity contribution is 5.91. The summed E-state index contributed by atoms with van der Waals surface area (Å²) >= 11 is 0. The third kappa shape index (κ3) is 5.62. The Bertz CT molecular complexity index is 1570. The minimum atomic E-state index is -0.809. The van der Waals surface area contributed by atoms with Gasteiger partial charge in [-0.1, -0.05) is 24.6 Å². The Morgan fingerprint density at radius 3 is 2.63 bits per heavy atom. The third-order valence-corrected chi connectivity index (χ3v) is 6.14. The van der Waals surface area contributed by atoms with Crippen molar-refractivity contribution in [2.24, 2.45) is 0 Å². The van der Waals surface area contributed by atoms with Crippen LogP contribution >= 0.6 is 0 Å². The van der Waals surface area contributed by atoms with Crippen LogP contribution in [-0.4, -0.2) is 35.7 Å². The van der Waals surface area contributed by atoms with Crippen LogP contribution in [0.3, 0.4) is 0 Å². The smallest absolute Gasteiger partial charge is 0.319 e. The molecule has 0 fully saturated rings. The first-order valence-corrected chi connectivity index (χ1v) is 12.3. The highest BCUT2D eigenvalue weighted by atomic mass is 16.5. The topological polar surface area (TPSA) is 127 Å². The summed E-state index contributed by atoms with van der Waals surface area (Å²) in [5.74, 6) is 0.852. The lowest BCUT2D eigenvalue weighted by atomic mass is 10.1. The molecule has 0 aliphatic heterocycles. The number of amides is 2. The summed E-state index contributed by atoms with van der Waals surface area (Å²) in [4.78, 5) is 27.6. The molecule has 3 N–H and O–H groups in total. The summed E-state index contributed by atoms with van der Waals surface area (Å²) < 4.78 is 17.5. The average Bonchev–Trinajstić information content (AvgIpc) is 3.54. The quantitative estimate of drug-likeness (QED) is 0.178. The van der Waals surface area contributed by atoms with Crippen molar-refractivity contribution < 1.29 is 28.3 Å². The summed E-state index contributed by atoms with van der Waals surface area (Å²) in [6.07, 6.45) is 2.16. The minimum absolute atomic E-state index is 0.137. The fourth-order valence-electron chi connectivity index (χ4n) is 4.23. The maximum absolute atomic E-state index is 12.3. The minimum Gasteiger partial charge on any atom is -0.496 e. The van der Waals surface area contributed by atoms with Crippen molar-refractivity contribution in [2.75, 3.05) is 19.0 Å². The van der Waals surface area contributed by atoms with Gasteiger partial charge >= 0.3 is 12.0 Å². The number of aromatic nitrogens is 1. The fraction of sp³-hybridized carbons (Fsp3) is 0.207. The second-order valence-corrected chi connectivity index (χ2v) is 8.85. The van der Waals surface area contributed by atoms with Gasteiger partial charge in [-0.25, -0.2) is 9.78 Å². The highest BCUT2D eigenvalue weighted by Gasteiger charge is 2.16. The van der Waals surface area contributed by atoms with Gasteiger partial charge in [-0.05, 0) is 61.4 Å². The van der Waals surface area contributed by atoms with Crippen LogP contribution in [0.2, 0.25) is 0 Å². The molecule has 2 heterocycles. The molecule has 2 aromatic heterocycles. The largest absolute Gasteiger partial charge is 0.496 e. The predicted molar refractivity (Wildman–Crippen MR) is 144 cm³/mol. The Morgan fingerprint density at radius 2 is 1.82 bits per heavy atom. The van der Waals surface area contributed by atoms with Gasteiger partial charge in [0.25, 0.3) is 0 Å². The van der Waals surface area contributed by atoms with Crippen molar-refractivity contribution in [3.05, 3.63) is 66.7 Å². The number of carboxylic acids is 1. The first-order valence-electron chi connectivity index (χ1n) is 12.3. The lowest BCUT2D eigenvalue weighted by molar-refractivity contribution is -0.137. The van der Waals surface area contributed by atoms with Gasteiger partial charge in [-0.15, -0.1) is 0 Å². The number of benzene rings is 3. The van der Waals surface area contributed by atoms with E-state index in [1.165, 1.54) is 0 Å². The number of ether oxygens (including phenoxy) is 1.